The second-order valence-corrected chi connectivity index (χ2v) is 7.62. The smallest absolute Gasteiger partial charge is 0.245 e. The predicted octanol–water partition coefficient (Wildman–Crippen LogP) is 3.43. The Kier molecular flexibility index (Phi) is 5.39. The van der Waals surface area contributed by atoms with E-state index in [1.165, 1.54) is 17.4 Å². The van der Waals surface area contributed by atoms with Crippen LogP contribution in [-0.2, 0) is 9.59 Å². The molecule has 1 aromatic heterocycles. The first-order valence-electron chi connectivity index (χ1n) is 7.88. The average molecular weight is 424 g/mol. The van der Waals surface area contributed by atoms with Crippen LogP contribution in [0.1, 0.15) is 12.8 Å². The first kappa shape index (κ1) is 17.9. The van der Waals surface area contributed by atoms with Gasteiger partial charge in [-0.15, -0.1) is 0 Å². The summed E-state index contributed by atoms with van der Waals surface area (Å²) in [5, 5.41) is 3.41. The van der Waals surface area contributed by atoms with Gasteiger partial charge >= 0.3 is 0 Å². The fourth-order valence-corrected chi connectivity index (χ4v) is 4.35. The first-order valence-corrected chi connectivity index (χ1v) is 9.49. The van der Waals surface area contributed by atoms with Crippen LogP contribution in [-0.4, -0.2) is 41.9 Å². The molecular formula is C17H18BrN3O3S. The number of aromatic nitrogens is 1. The van der Waals surface area contributed by atoms with Crippen LogP contribution in [0.3, 0.4) is 0 Å². The van der Waals surface area contributed by atoms with Crippen LogP contribution in [0, 0.1) is 5.92 Å². The Bertz CT molecular complexity index is 836. The van der Waals surface area contributed by atoms with E-state index in [4.69, 9.17) is 4.74 Å². The fraction of sp³-hybridized carbons (Fsp3) is 0.353. The van der Waals surface area contributed by atoms with Gasteiger partial charge in [0.15, 0.2) is 5.13 Å². The number of anilines is 1. The molecule has 0 saturated carbocycles. The molecule has 25 heavy (non-hydrogen) atoms. The Morgan fingerprint density at radius 2 is 2.32 bits per heavy atom. The minimum absolute atomic E-state index is 0.115. The summed E-state index contributed by atoms with van der Waals surface area (Å²) in [6.07, 6.45) is 2.85. The number of ether oxygens (including phenoxy) is 1. The molecule has 1 aliphatic heterocycles. The number of hydrogen-bond acceptors (Lipinski definition) is 5. The molecule has 132 valence electrons. The first-order chi connectivity index (χ1) is 12.0. The zero-order chi connectivity index (χ0) is 18.0. The molecule has 1 saturated heterocycles. The lowest BCUT2D eigenvalue weighted by molar-refractivity contribution is -0.130. The molecule has 8 heteroatoms. The third kappa shape index (κ3) is 3.69. The molecule has 2 heterocycles. The number of thiazole rings is 1. The molecule has 0 radical (unpaired) electrons. The number of nitrogens with zero attached hydrogens (tertiary/aromatic N) is 2. The Morgan fingerprint density at radius 1 is 1.52 bits per heavy atom. The zero-order valence-electron chi connectivity index (χ0n) is 13.8. The lowest BCUT2D eigenvalue weighted by Crippen LogP contribution is -2.43. The Balaban J connectivity index is 1.77. The average Bonchev–Trinajstić information content (AvgIpc) is 3.06. The van der Waals surface area contributed by atoms with Crippen molar-refractivity contribution in [3.05, 3.63) is 29.3 Å². The van der Waals surface area contributed by atoms with Gasteiger partial charge in [0, 0.05) is 17.6 Å². The molecule has 1 fully saturated rings. The molecule has 6 nitrogen and oxygen atoms in total. The van der Waals surface area contributed by atoms with Crippen molar-refractivity contribution in [3.63, 3.8) is 0 Å². The lowest BCUT2D eigenvalue weighted by atomic mass is 9.97. The van der Waals surface area contributed by atoms with Gasteiger partial charge in [-0.1, -0.05) is 17.9 Å². The number of fused-ring (bicyclic) bond motifs is 1. The minimum atomic E-state index is -0.241. The summed E-state index contributed by atoms with van der Waals surface area (Å²) >= 11 is 4.89. The van der Waals surface area contributed by atoms with Gasteiger partial charge in [-0.05, 0) is 47.0 Å². The summed E-state index contributed by atoms with van der Waals surface area (Å²) in [4.78, 5) is 30.5. The van der Waals surface area contributed by atoms with Crippen LogP contribution in [0.15, 0.2) is 29.3 Å². The number of methoxy groups -OCH3 is 1. The van der Waals surface area contributed by atoms with Gasteiger partial charge in [-0.2, -0.15) is 0 Å². The van der Waals surface area contributed by atoms with Gasteiger partial charge in [-0.25, -0.2) is 4.98 Å². The van der Waals surface area contributed by atoms with Gasteiger partial charge in [0.25, 0.3) is 0 Å². The van der Waals surface area contributed by atoms with Crippen molar-refractivity contribution in [2.24, 2.45) is 5.92 Å². The Morgan fingerprint density at radius 3 is 3.04 bits per heavy atom. The van der Waals surface area contributed by atoms with E-state index < -0.39 is 0 Å². The quantitative estimate of drug-likeness (QED) is 0.764. The Labute approximate surface area is 158 Å². The second-order valence-electron chi connectivity index (χ2n) is 5.76. The highest BCUT2D eigenvalue weighted by Gasteiger charge is 2.28. The molecule has 1 aliphatic rings. The highest BCUT2D eigenvalue weighted by molar-refractivity contribution is 9.10. The van der Waals surface area contributed by atoms with Crippen LogP contribution < -0.4 is 10.1 Å². The molecule has 1 unspecified atom stereocenters. The molecule has 0 bridgehead atoms. The number of carbonyl (C=O) groups excluding carboxylic acids is 2. The van der Waals surface area contributed by atoms with E-state index in [0.29, 0.717) is 29.5 Å². The summed E-state index contributed by atoms with van der Waals surface area (Å²) < 4.78 is 7.15. The van der Waals surface area contributed by atoms with E-state index in [2.05, 4.69) is 32.8 Å². The number of rotatable bonds is 4. The van der Waals surface area contributed by atoms with E-state index in [0.717, 1.165) is 22.0 Å². The van der Waals surface area contributed by atoms with E-state index in [1.807, 2.05) is 12.1 Å². The van der Waals surface area contributed by atoms with Crippen molar-refractivity contribution in [3.8, 4) is 5.75 Å². The molecule has 1 atom stereocenters. The van der Waals surface area contributed by atoms with E-state index in [1.54, 1.807) is 12.0 Å². The monoisotopic (exact) mass is 423 g/mol. The molecule has 2 amide bonds. The number of piperidine rings is 1. The van der Waals surface area contributed by atoms with E-state index >= 15 is 0 Å². The van der Waals surface area contributed by atoms with E-state index in [-0.39, 0.29) is 17.7 Å². The summed E-state index contributed by atoms with van der Waals surface area (Å²) in [6, 6.07) is 3.72. The second kappa shape index (κ2) is 7.53. The summed E-state index contributed by atoms with van der Waals surface area (Å²) in [5.74, 6) is 0.173. The number of amides is 2. The largest absolute Gasteiger partial charge is 0.494 e. The molecule has 1 N–H and O–H groups in total. The SMILES string of the molecule is C=CC(=O)N1CCCC(C(=O)Nc2nc3c(OC)ccc(Br)c3s2)C1. The van der Waals surface area contributed by atoms with Crippen molar-refractivity contribution in [2.75, 3.05) is 25.5 Å². The maximum Gasteiger partial charge on any atom is 0.245 e. The van der Waals surface area contributed by atoms with Crippen molar-refractivity contribution in [1.29, 1.82) is 0 Å². The fourth-order valence-electron chi connectivity index (χ4n) is 2.90. The lowest BCUT2D eigenvalue weighted by Gasteiger charge is -2.31. The molecule has 3 rings (SSSR count). The van der Waals surface area contributed by atoms with E-state index in [9.17, 15) is 9.59 Å². The van der Waals surface area contributed by atoms with Gasteiger partial charge in [0.1, 0.15) is 11.3 Å². The van der Waals surface area contributed by atoms with Crippen molar-refractivity contribution < 1.29 is 14.3 Å². The van der Waals surface area contributed by atoms with Crippen LogP contribution >= 0.6 is 27.3 Å². The highest BCUT2D eigenvalue weighted by atomic mass is 79.9. The number of hydrogen-bond donors (Lipinski definition) is 1. The number of likely N-dealkylation sites (tertiary alicyclic amines) is 1. The van der Waals surface area contributed by atoms with Crippen molar-refractivity contribution in [2.45, 2.75) is 12.8 Å². The topological polar surface area (TPSA) is 71.5 Å². The van der Waals surface area contributed by atoms with Crippen LogP contribution in [0.4, 0.5) is 5.13 Å². The third-order valence-corrected chi connectivity index (χ3v) is 6.11. The highest BCUT2D eigenvalue weighted by Crippen LogP contribution is 2.37. The molecular weight excluding hydrogens is 406 g/mol. The molecule has 2 aromatic rings. The Hall–Kier alpha value is -1.93. The maximum atomic E-state index is 12.6. The van der Waals surface area contributed by atoms with Crippen LogP contribution in [0.25, 0.3) is 10.2 Å². The van der Waals surface area contributed by atoms with Crippen molar-refractivity contribution in [1.82, 2.24) is 9.88 Å². The summed E-state index contributed by atoms with van der Waals surface area (Å²) in [6.45, 7) is 4.58. The maximum absolute atomic E-state index is 12.6. The number of carbonyl (C=O) groups is 2. The molecule has 1 aromatic carbocycles. The number of benzene rings is 1. The normalized spacial score (nSPS) is 17.4. The van der Waals surface area contributed by atoms with Gasteiger partial charge < -0.3 is 15.0 Å². The van der Waals surface area contributed by atoms with Crippen LogP contribution in [0.5, 0.6) is 5.75 Å². The standard InChI is InChI=1S/C17H18BrN3O3S/c1-3-13(22)21-8-4-5-10(9-21)16(23)20-17-19-14-12(24-2)7-6-11(18)15(14)25-17/h3,6-7,10H,1,4-5,8-9H2,2H3,(H,19,20,23). The van der Waals surface area contributed by atoms with Crippen molar-refractivity contribution >= 4 is 54.4 Å². The number of nitrogens with one attached hydrogen (secondary N) is 1. The number of halogens is 1. The summed E-state index contributed by atoms with van der Waals surface area (Å²) in [5.41, 5.74) is 0.712. The van der Waals surface area contributed by atoms with Gasteiger partial charge in [0.05, 0.1) is 17.7 Å². The zero-order valence-corrected chi connectivity index (χ0v) is 16.2. The summed E-state index contributed by atoms with van der Waals surface area (Å²) in [7, 11) is 1.59. The molecule has 0 aliphatic carbocycles. The minimum Gasteiger partial charge on any atom is -0.494 e. The predicted molar refractivity (Wildman–Crippen MR) is 102 cm³/mol. The molecule has 0 spiro atoms. The third-order valence-electron chi connectivity index (χ3n) is 4.19. The van der Waals surface area contributed by atoms with Crippen LogP contribution in [0.2, 0.25) is 0 Å². The van der Waals surface area contributed by atoms with Gasteiger partial charge in [-0.3, -0.25) is 9.59 Å². The van der Waals surface area contributed by atoms with Gasteiger partial charge in [0.2, 0.25) is 11.8 Å².